The van der Waals surface area contributed by atoms with Crippen LogP contribution in [0.25, 0.3) is 10.9 Å². The maximum atomic E-state index is 10.8. The van der Waals surface area contributed by atoms with E-state index >= 15 is 0 Å². The van der Waals surface area contributed by atoms with Gasteiger partial charge in [0.25, 0.3) is 0 Å². The molecule has 0 radical (unpaired) electrons. The highest BCUT2D eigenvalue weighted by molar-refractivity contribution is 9.10. The number of carbonyl (C=O) groups excluding carboxylic acids is 1. The van der Waals surface area contributed by atoms with Gasteiger partial charge < -0.3 is 4.84 Å². The van der Waals surface area contributed by atoms with Gasteiger partial charge in [0.15, 0.2) is 0 Å². The molecule has 14 heavy (non-hydrogen) atoms. The van der Waals surface area contributed by atoms with Crippen molar-refractivity contribution in [2.24, 2.45) is 0 Å². The lowest BCUT2D eigenvalue weighted by Crippen LogP contribution is -2.14. The summed E-state index contributed by atoms with van der Waals surface area (Å²) in [5, 5.41) is 1.03. The Kier molecular flexibility index (Phi) is 2.29. The summed E-state index contributed by atoms with van der Waals surface area (Å²) in [7, 11) is 0. The van der Waals surface area contributed by atoms with Crippen LogP contribution in [0.4, 0.5) is 0 Å². The van der Waals surface area contributed by atoms with Gasteiger partial charge in [0.2, 0.25) is 0 Å². The zero-order valence-corrected chi connectivity index (χ0v) is 9.11. The monoisotopic (exact) mass is 253 g/mol. The molecule has 0 amide bonds. The molecule has 2 rings (SSSR count). The van der Waals surface area contributed by atoms with Gasteiger partial charge in [0, 0.05) is 23.0 Å². The zero-order chi connectivity index (χ0) is 10.1. The fourth-order valence-electron chi connectivity index (χ4n) is 1.31. The topological polar surface area (TPSA) is 31.2 Å². The first-order valence-electron chi connectivity index (χ1n) is 4.12. The van der Waals surface area contributed by atoms with Gasteiger partial charge in [-0.3, -0.25) is 0 Å². The standard InChI is InChI=1S/C10H8BrNO2/c1-7(13)14-12-5-4-8-6-9(11)2-3-10(8)12/h2-6H,1H3. The quantitative estimate of drug-likeness (QED) is 0.782. The molecule has 0 atom stereocenters. The second kappa shape index (κ2) is 3.46. The van der Waals surface area contributed by atoms with Crippen LogP contribution in [0, 0.1) is 0 Å². The van der Waals surface area contributed by atoms with Gasteiger partial charge >= 0.3 is 5.97 Å². The summed E-state index contributed by atoms with van der Waals surface area (Å²) >= 11 is 3.38. The van der Waals surface area contributed by atoms with Crippen LogP contribution in [0.2, 0.25) is 0 Å². The summed E-state index contributed by atoms with van der Waals surface area (Å²) in [6, 6.07) is 7.66. The number of carbonyl (C=O) groups is 1. The third kappa shape index (κ3) is 1.65. The normalized spacial score (nSPS) is 10.4. The van der Waals surface area contributed by atoms with Crippen molar-refractivity contribution >= 4 is 32.8 Å². The SMILES string of the molecule is CC(=O)On1ccc2cc(Br)ccc21. The average molecular weight is 254 g/mol. The third-order valence-corrected chi connectivity index (χ3v) is 2.34. The second-order valence-electron chi connectivity index (χ2n) is 2.93. The lowest BCUT2D eigenvalue weighted by atomic mass is 10.3. The van der Waals surface area contributed by atoms with Crippen LogP contribution in [0.3, 0.4) is 0 Å². The first-order chi connectivity index (χ1) is 6.66. The highest BCUT2D eigenvalue weighted by Crippen LogP contribution is 2.19. The first kappa shape index (κ1) is 9.27. The second-order valence-corrected chi connectivity index (χ2v) is 3.84. The van der Waals surface area contributed by atoms with E-state index in [1.807, 2.05) is 24.3 Å². The minimum atomic E-state index is -0.328. The Hall–Kier alpha value is -1.29. The molecular weight excluding hydrogens is 246 g/mol. The number of halogens is 1. The molecular formula is C10H8BrNO2. The Morgan fingerprint density at radius 2 is 2.21 bits per heavy atom. The molecule has 0 saturated carbocycles. The van der Waals surface area contributed by atoms with E-state index < -0.39 is 0 Å². The van der Waals surface area contributed by atoms with Crippen molar-refractivity contribution in [3.05, 3.63) is 34.9 Å². The van der Waals surface area contributed by atoms with E-state index in [-0.39, 0.29) is 5.97 Å². The van der Waals surface area contributed by atoms with Gasteiger partial charge in [-0.15, -0.1) is 0 Å². The summed E-state index contributed by atoms with van der Waals surface area (Å²) < 4.78 is 2.47. The molecule has 0 spiro atoms. The third-order valence-electron chi connectivity index (χ3n) is 1.84. The van der Waals surface area contributed by atoms with Crippen molar-refractivity contribution in [3.8, 4) is 0 Å². The van der Waals surface area contributed by atoms with E-state index in [2.05, 4.69) is 15.9 Å². The van der Waals surface area contributed by atoms with Crippen LogP contribution in [-0.2, 0) is 4.79 Å². The van der Waals surface area contributed by atoms with E-state index in [1.165, 1.54) is 11.7 Å². The molecule has 0 aliphatic heterocycles. The Morgan fingerprint density at radius 1 is 1.43 bits per heavy atom. The van der Waals surface area contributed by atoms with E-state index in [1.54, 1.807) is 6.20 Å². The molecule has 0 saturated heterocycles. The van der Waals surface area contributed by atoms with Crippen molar-refractivity contribution in [3.63, 3.8) is 0 Å². The minimum Gasteiger partial charge on any atom is -0.337 e. The number of hydrogen-bond acceptors (Lipinski definition) is 2. The number of hydrogen-bond donors (Lipinski definition) is 0. The van der Waals surface area contributed by atoms with Crippen molar-refractivity contribution < 1.29 is 9.63 Å². The van der Waals surface area contributed by atoms with Crippen LogP contribution in [0.1, 0.15) is 6.92 Å². The van der Waals surface area contributed by atoms with E-state index in [0.717, 1.165) is 15.4 Å². The fourth-order valence-corrected chi connectivity index (χ4v) is 1.68. The van der Waals surface area contributed by atoms with E-state index in [0.29, 0.717) is 0 Å². The Bertz CT molecular complexity index is 490. The molecule has 0 aliphatic carbocycles. The molecule has 0 unspecified atom stereocenters. The highest BCUT2D eigenvalue weighted by atomic mass is 79.9. The van der Waals surface area contributed by atoms with E-state index in [9.17, 15) is 4.79 Å². The van der Waals surface area contributed by atoms with Crippen molar-refractivity contribution in [1.82, 2.24) is 4.73 Å². The van der Waals surface area contributed by atoms with E-state index in [4.69, 9.17) is 4.84 Å². The number of benzene rings is 1. The molecule has 0 fully saturated rings. The zero-order valence-electron chi connectivity index (χ0n) is 7.53. The van der Waals surface area contributed by atoms with Crippen molar-refractivity contribution in [1.29, 1.82) is 0 Å². The minimum absolute atomic E-state index is 0.328. The Labute approximate surface area is 89.4 Å². The molecule has 4 heteroatoms. The average Bonchev–Trinajstić information content (AvgIpc) is 2.47. The maximum absolute atomic E-state index is 10.8. The molecule has 72 valence electrons. The Morgan fingerprint density at radius 3 is 2.93 bits per heavy atom. The van der Waals surface area contributed by atoms with Gasteiger partial charge in [-0.2, -0.15) is 4.73 Å². The number of fused-ring (bicyclic) bond motifs is 1. The van der Waals surface area contributed by atoms with Gasteiger partial charge in [-0.05, 0) is 24.3 Å². The van der Waals surface area contributed by atoms with Crippen LogP contribution < -0.4 is 4.84 Å². The van der Waals surface area contributed by atoms with Gasteiger partial charge in [-0.1, -0.05) is 15.9 Å². The summed E-state index contributed by atoms with van der Waals surface area (Å²) in [6.45, 7) is 1.38. The lowest BCUT2D eigenvalue weighted by Gasteiger charge is -2.02. The smallest absolute Gasteiger partial charge is 0.329 e. The maximum Gasteiger partial charge on any atom is 0.329 e. The van der Waals surface area contributed by atoms with Crippen molar-refractivity contribution in [2.45, 2.75) is 6.92 Å². The van der Waals surface area contributed by atoms with Crippen LogP contribution in [0.15, 0.2) is 34.9 Å². The highest BCUT2D eigenvalue weighted by Gasteiger charge is 2.03. The summed E-state index contributed by atoms with van der Waals surface area (Å²) in [6.07, 6.45) is 1.72. The number of nitrogens with zero attached hydrogens (tertiary/aromatic N) is 1. The van der Waals surface area contributed by atoms with Crippen molar-refractivity contribution in [2.75, 3.05) is 0 Å². The Balaban J connectivity index is 2.52. The molecule has 3 nitrogen and oxygen atoms in total. The summed E-state index contributed by atoms with van der Waals surface area (Å²) in [5.41, 5.74) is 0.878. The molecule has 1 heterocycles. The molecule has 0 aliphatic rings. The predicted molar refractivity (Wildman–Crippen MR) is 56.9 cm³/mol. The van der Waals surface area contributed by atoms with Crippen LogP contribution in [0.5, 0.6) is 0 Å². The molecule has 1 aromatic heterocycles. The summed E-state index contributed by atoms with van der Waals surface area (Å²) in [5.74, 6) is -0.328. The van der Waals surface area contributed by atoms with Gasteiger partial charge in [0.1, 0.15) is 0 Å². The predicted octanol–water partition coefficient (Wildman–Crippen LogP) is 2.38. The van der Waals surface area contributed by atoms with Crippen LogP contribution in [-0.4, -0.2) is 10.7 Å². The molecule has 1 aromatic carbocycles. The number of rotatable bonds is 1. The lowest BCUT2D eigenvalue weighted by molar-refractivity contribution is -0.140. The fraction of sp³-hybridized carbons (Fsp3) is 0.100. The van der Waals surface area contributed by atoms with Crippen LogP contribution >= 0.6 is 15.9 Å². The molecule has 0 bridgehead atoms. The molecule has 0 N–H and O–H groups in total. The van der Waals surface area contributed by atoms with Gasteiger partial charge in [0.05, 0.1) is 5.52 Å². The number of aromatic nitrogens is 1. The largest absolute Gasteiger partial charge is 0.337 e. The van der Waals surface area contributed by atoms with Gasteiger partial charge in [-0.25, -0.2) is 4.79 Å². The summed E-state index contributed by atoms with van der Waals surface area (Å²) in [4.78, 5) is 15.7. The molecule has 2 aromatic rings. The first-order valence-corrected chi connectivity index (χ1v) is 4.91.